The smallest absolute Gasteiger partial charge is 0.243 e. The number of ether oxygens (including phenoxy) is 3. The summed E-state index contributed by atoms with van der Waals surface area (Å²) in [4.78, 5) is 0.302. The first-order valence-corrected chi connectivity index (χ1v) is 11.9. The molecule has 0 radical (unpaired) electrons. The van der Waals surface area contributed by atoms with Crippen molar-refractivity contribution in [3.8, 4) is 0 Å². The van der Waals surface area contributed by atoms with Crippen LogP contribution in [0.2, 0.25) is 0 Å². The van der Waals surface area contributed by atoms with E-state index in [-0.39, 0.29) is 12.9 Å². The number of nitrogens with zero attached hydrogens (tertiary/aromatic N) is 1. The fourth-order valence-corrected chi connectivity index (χ4v) is 5.30. The van der Waals surface area contributed by atoms with Crippen LogP contribution in [0.1, 0.15) is 24.0 Å². The van der Waals surface area contributed by atoms with Crippen molar-refractivity contribution in [2.75, 3.05) is 27.1 Å². The number of sulfonamides is 1. The van der Waals surface area contributed by atoms with Gasteiger partial charge in [-0.1, -0.05) is 60.2 Å². The van der Waals surface area contributed by atoms with E-state index in [0.29, 0.717) is 24.7 Å². The van der Waals surface area contributed by atoms with Gasteiger partial charge >= 0.3 is 0 Å². The lowest BCUT2D eigenvalue weighted by Crippen LogP contribution is -2.50. The third kappa shape index (κ3) is 6.48. The van der Waals surface area contributed by atoms with Gasteiger partial charge in [0.1, 0.15) is 6.79 Å². The molecule has 0 aliphatic carbocycles. The largest absolute Gasteiger partial charge is 0.372 e. The summed E-state index contributed by atoms with van der Waals surface area (Å²) in [6.07, 6.45) is 5.02. The maximum Gasteiger partial charge on any atom is 0.243 e. The second-order valence-electron chi connectivity index (χ2n) is 7.60. The second kappa shape index (κ2) is 11.5. The van der Waals surface area contributed by atoms with E-state index in [9.17, 15) is 8.42 Å². The number of hydrogen-bond donors (Lipinski definition) is 0. The highest BCUT2D eigenvalue weighted by atomic mass is 32.2. The van der Waals surface area contributed by atoms with Gasteiger partial charge in [-0.25, -0.2) is 8.42 Å². The molecule has 31 heavy (non-hydrogen) atoms. The molecule has 0 N–H and O–H groups in total. The average molecular weight is 446 g/mol. The zero-order valence-electron chi connectivity index (χ0n) is 18.1. The van der Waals surface area contributed by atoms with Gasteiger partial charge in [-0.15, -0.1) is 0 Å². The molecule has 0 aromatic heterocycles. The minimum Gasteiger partial charge on any atom is -0.372 e. The Balaban J connectivity index is 1.81. The Morgan fingerprint density at radius 3 is 2.55 bits per heavy atom. The van der Waals surface area contributed by atoms with Crippen molar-refractivity contribution >= 4 is 10.0 Å². The normalized spacial score (nSPS) is 20.3. The lowest BCUT2D eigenvalue weighted by Gasteiger charge is -2.38. The Morgan fingerprint density at radius 2 is 1.84 bits per heavy atom. The first kappa shape index (κ1) is 23.6. The molecule has 1 saturated heterocycles. The number of piperidine rings is 1. The SMILES string of the molecule is COCOC/C=C\[C@H]1[C@H](OCc2ccccc2)CCCN1S(=O)(=O)c1ccc(C)cc1. The summed E-state index contributed by atoms with van der Waals surface area (Å²) in [5, 5.41) is 0. The number of hydrogen-bond acceptors (Lipinski definition) is 5. The zero-order chi connectivity index (χ0) is 22.1. The highest BCUT2D eigenvalue weighted by molar-refractivity contribution is 7.89. The van der Waals surface area contributed by atoms with Gasteiger partial charge in [0.15, 0.2) is 0 Å². The van der Waals surface area contributed by atoms with Crippen molar-refractivity contribution in [3.63, 3.8) is 0 Å². The van der Waals surface area contributed by atoms with Crippen LogP contribution in [0.15, 0.2) is 71.6 Å². The summed E-state index contributed by atoms with van der Waals surface area (Å²) in [5.41, 5.74) is 2.08. The van der Waals surface area contributed by atoms with Gasteiger partial charge in [-0.3, -0.25) is 0 Å². The van der Waals surface area contributed by atoms with Crippen molar-refractivity contribution in [2.24, 2.45) is 0 Å². The third-order valence-corrected chi connectivity index (χ3v) is 7.17. The monoisotopic (exact) mass is 445 g/mol. The topological polar surface area (TPSA) is 65.1 Å². The molecule has 0 unspecified atom stereocenters. The fourth-order valence-electron chi connectivity index (χ4n) is 3.65. The van der Waals surface area contributed by atoms with Gasteiger partial charge < -0.3 is 14.2 Å². The van der Waals surface area contributed by atoms with E-state index >= 15 is 0 Å². The Hall–Kier alpha value is -2.03. The molecule has 0 bridgehead atoms. The molecule has 1 aliphatic heterocycles. The highest BCUT2D eigenvalue weighted by Gasteiger charge is 2.38. The van der Waals surface area contributed by atoms with Gasteiger partial charge in [0, 0.05) is 13.7 Å². The first-order chi connectivity index (χ1) is 15.0. The maximum atomic E-state index is 13.4. The van der Waals surface area contributed by atoms with Gasteiger partial charge in [0.25, 0.3) is 0 Å². The van der Waals surface area contributed by atoms with Crippen molar-refractivity contribution in [1.82, 2.24) is 4.31 Å². The Labute approximate surface area is 185 Å². The Morgan fingerprint density at radius 1 is 1.10 bits per heavy atom. The molecule has 2 aromatic carbocycles. The molecule has 168 valence electrons. The Bertz CT molecular complexity index is 928. The van der Waals surface area contributed by atoms with Gasteiger partial charge in [0.2, 0.25) is 10.0 Å². The number of benzene rings is 2. The van der Waals surface area contributed by atoms with E-state index in [1.807, 2.05) is 61.5 Å². The van der Waals surface area contributed by atoms with Crippen LogP contribution in [-0.2, 0) is 30.8 Å². The molecule has 0 amide bonds. The zero-order valence-corrected chi connectivity index (χ0v) is 19.0. The van der Waals surface area contributed by atoms with E-state index in [1.54, 1.807) is 23.5 Å². The number of rotatable bonds is 10. The molecule has 0 saturated carbocycles. The molecule has 2 atom stereocenters. The molecule has 1 fully saturated rings. The summed E-state index contributed by atoms with van der Waals surface area (Å²) in [6.45, 7) is 3.36. The van der Waals surface area contributed by atoms with Gasteiger partial charge in [-0.2, -0.15) is 4.31 Å². The molecule has 1 aliphatic rings. The van der Waals surface area contributed by atoms with Crippen LogP contribution in [0.4, 0.5) is 0 Å². The Kier molecular flexibility index (Phi) is 8.80. The molecular weight excluding hydrogens is 414 g/mol. The maximum absolute atomic E-state index is 13.4. The molecule has 0 spiro atoms. The van der Waals surface area contributed by atoms with Crippen LogP contribution in [0.25, 0.3) is 0 Å². The average Bonchev–Trinajstić information content (AvgIpc) is 2.79. The summed E-state index contributed by atoms with van der Waals surface area (Å²) in [5.74, 6) is 0. The summed E-state index contributed by atoms with van der Waals surface area (Å²) >= 11 is 0. The number of aryl methyl sites for hydroxylation is 1. The number of methoxy groups -OCH3 is 1. The van der Waals surface area contributed by atoms with Crippen LogP contribution in [-0.4, -0.2) is 51.9 Å². The molecule has 1 heterocycles. The van der Waals surface area contributed by atoms with Crippen LogP contribution >= 0.6 is 0 Å². The van der Waals surface area contributed by atoms with Gasteiger partial charge in [-0.05, 0) is 37.5 Å². The van der Waals surface area contributed by atoms with Crippen molar-refractivity contribution in [3.05, 3.63) is 77.9 Å². The first-order valence-electron chi connectivity index (χ1n) is 10.5. The van der Waals surface area contributed by atoms with E-state index in [1.165, 1.54) is 0 Å². The van der Waals surface area contributed by atoms with Gasteiger partial charge in [0.05, 0.1) is 30.3 Å². The minimum atomic E-state index is -3.65. The molecule has 6 nitrogen and oxygen atoms in total. The molecular formula is C24H31NO5S. The minimum absolute atomic E-state index is 0.189. The van der Waals surface area contributed by atoms with E-state index in [4.69, 9.17) is 14.2 Å². The second-order valence-corrected chi connectivity index (χ2v) is 9.49. The third-order valence-electron chi connectivity index (χ3n) is 5.26. The van der Waals surface area contributed by atoms with Crippen molar-refractivity contribution in [2.45, 2.75) is 43.4 Å². The van der Waals surface area contributed by atoms with Crippen LogP contribution < -0.4 is 0 Å². The summed E-state index contributed by atoms with van der Waals surface area (Å²) in [6, 6.07) is 16.5. The predicted molar refractivity (Wildman–Crippen MR) is 120 cm³/mol. The molecule has 7 heteroatoms. The van der Waals surface area contributed by atoms with Crippen LogP contribution in [0, 0.1) is 6.92 Å². The van der Waals surface area contributed by atoms with Crippen LogP contribution in [0.3, 0.4) is 0 Å². The van der Waals surface area contributed by atoms with E-state index in [2.05, 4.69) is 0 Å². The van der Waals surface area contributed by atoms with Crippen LogP contribution in [0.5, 0.6) is 0 Å². The van der Waals surface area contributed by atoms with Crippen molar-refractivity contribution in [1.29, 1.82) is 0 Å². The lowest BCUT2D eigenvalue weighted by molar-refractivity contribution is -0.0208. The van der Waals surface area contributed by atoms with Crippen molar-refractivity contribution < 1.29 is 22.6 Å². The molecule has 3 rings (SSSR count). The quantitative estimate of drug-likeness (QED) is 0.315. The summed E-state index contributed by atoms with van der Waals surface area (Å²) < 4.78 is 44.9. The lowest BCUT2D eigenvalue weighted by atomic mass is 10.0. The predicted octanol–water partition coefficient (Wildman–Crippen LogP) is 3.91. The standard InChI is InChI=1S/C24H31NO5S/c1-20-12-14-22(15-13-20)31(26,27)25-16-6-11-24(23(25)10-7-17-29-19-28-2)30-18-21-8-4-3-5-9-21/h3-5,7-10,12-15,23-24H,6,11,16-19H2,1-2H3/b10-7-/t23-,24+/m0/s1. The highest BCUT2D eigenvalue weighted by Crippen LogP contribution is 2.29. The van der Waals surface area contributed by atoms with E-state index in [0.717, 1.165) is 24.0 Å². The summed E-state index contributed by atoms with van der Waals surface area (Å²) in [7, 11) is -2.09. The fraction of sp³-hybridized carbons (Fsp3) is 0.417. The molecule has 2 aromatic rings. The van der Waals surface area contributed by atoms with E-state index < -0.39 is 16.1 Å².